The molecular weight excluding hydrogens is 312 g/mol. The van der Waals surface area contributed by atoms with Crippen LogP contribution in [0.25, 0.3) is 0 Å². The molecule has 3 heteroatoms. The fourth-order valence-electron chi connectivity index (χ4n) is 8.06. The first-order valence-corrected chi connectivity index (χ1v) is 10.8. The molecule has 0 amide bonds. The van der Waals surface area contributed by atoms with Crippen LogP contribution in [0.4, 0.5) is 0 Å². The Labute approximate surface area is 152 Å². The third kappa shape index (κ3) is 2.76. The minimum absolute atomic E-state index is 0.0391. The van der Waals surface area contributed by atoms with Crippen LogP contribution in [0.15, 0.2) is 0 Å². The number of carboxylic acid groups (broad SMARTS) is 1. The quantitative estimate of drug-likeness (QED) is 0.765. The SMILES string of the molecule is CCC[C@@]1(O)CC[C@H]2[C@H](CC[C@@H]3[C@@H]2CC[C@]2(C)[C@@H](C(=O)O)CC[C@@H]32)C1. The summed E-state index contributed by atoms with van der Waals surface area (Å²) in [6.07, 6.45) is 12.2. The smallest absolute Gasteiger partial charge is 0.307 e. The van der Waals surface area contributed by atoms with Gasteiger partial charge in [-0.15, -0.1) is 0 Å². The summed E-state index contributed by atoms with van der Waals surface area (Å²) in [6.45, 7) is 4.47. The van der Waals surface area contributed by atoms with Gasteiger partial charge in [0.15, 0.2) is 0 Å². The Hall–Kier alpha value is -0.570. The van der Waals surface area contributed by atoms with Crippen LogP contribution in [-0.2, 0) is 4.79 Å². The number of hydrogen-bond donors (Lipinski definition) is 2. The van der Waals surface area contributed by atoms with Crippen molar-refractivity contribution < 1.29 is 15.0 Å². The Balaban J connectivity index is 1.51. The first-order chi connectivity index (χ1) is 11.9. The molecule has 0 spiro atoms. The fourth-order valence-corrected chi connectivity index (χ4v) is 8.06. The summed E-state index contributed by atoms with van der Waals surface area (Å²) in [5, 5.41) is 20.6. The molecule has 0 aromatic carbocycles. The summed E-state index contributed by atoms with van der Waals surface area (Å²) in [6, 6.07) is 0. The van der Waals surface area contributed by atoms with Gasteiger partial charge in [0.1, 0.15) is 0 Å². The third-order valence-corrected chi connectivity index (χ3v) is 9.12. The van der Waals surface area contributed by atoms with Crippen LogP contribution in [0.5, 0.6) is 0 Å². The van der Waals surface area contributed by atoms with Crippen molar-refractivity contribution in [3.05, 3.63) is 0 Å². The Kier molecular flexibility index (Phi) is 4.46. The molecular formula is C22H36O3. The number of aliphatic carboxylic acids is 1. The standard InChI is InChI=1S/C22H36O3/c1-3-10-22(25)12-9-15-14(13-22)4-5-17-16(15)8-11-21(2)18(17)6-7-19(21)20(23)24/h14-19,25H,3-13H2,1-2H3,(H,23,24)/t14-,15+,16-,17-,18+,19-,21+,22-/m1/s1. The average molecular weight is 349 g/mol. The number of carboxylic acids is 1. The van der Waals surface area contributed by atoms with Crippen LogP contribution in [0.3, 0.4) is 0 Å². The van der Waals surface area contributed by atoms with Crippen LogP contribution < -0.4 is 0 Å². The molecule has 0 heterocycles. The van der Waals surface area contributed by atoms with Gasteiger partial charge in [0.2, 0.25) is 0 Å². The van der Waals surface area contributed by atoms with Crippen molar-refractivity contribution in [1.82, 2.24) is 0 Å². The average Bonchev–Trinajstić information content (AvgIpc) is 2.91. The van der Waals surface area contributed by atoms with Gasteiger partial charge in [-0.3, -0.25) is 4.79 Å². The summed E-state index contributed by atoms with van der Waals surface area (Å²) < 4.78 is 0. The maximum Gasteiger partial charge on any atom is 0.307 e. The second-order valence-corrected chi connectivity index (χ2v) is 10.2. The van der Waals surface area contributed by atoms with Gasteiger partial charge in [-0.1, -0.05) is 20.3 Å². The van der Waals surface area contributed by atoms with Crippen molar-refractivity contribution in [1.29, 1.82) is 0 Å². The van der Waals surface area contributed by atoms with Gasteiger partial charge in [-0.25, -0.2) is 0 Å². The van der Waals surface area contributed by atoms with E-state index >= 15 is 0 Å². The molecule has 142 valence electrons. The first kappa shape index (κ1) is 17.8. The summed E-state index contributed by atoms with van der Waals surface area (Å²) in [7, 11) is 0. The predicted octanol–water partition coefficient (Wildman–Crippen LogP) is 4.87. The lowest BCUT2D eigenvalue weighted by molar-refractivity contribution is -0.150. The van der Waals surface area contributed by atoms with E-state index in [1.54, 1.807) is 0 Å². The van der Waals surface area contributed by atoms with Gasteiger partial charge in [0.25, 0.3) is 0 Å². The molecule has 8 atom stereocenters. The fraction of sp³-hybridized carbons (Fsp3) is 0.955. The zero-order chi connectivity index (χ0) is 17.8. The molecule has 2 N–H and O–H groups in total. The summed E-state index contributed by atoms with van der Waals surface area (Å²) in [5.74, 6) is 3.02. The molecule has 4 fully saturated rings. The van der Waals surface area contributed by atoms with E-state index in [2.05, 4.69) is 13.8 Å². The van der Waals surface area contributed by atoms with Gasteiger partial charge in [0.05, 0.1) is 11.5 Å². The van der Waals surface area contributed by atoms with E-state index in [9.17, 15) is 15.0 Å². The Morgan fingerprint density at radius 1 is 1.00 bits per heavy atom. The lowest BCUT2D eigenvalue weighted by Crippen LogP contribution is -2.51. The number of aliphatic hydroxyl groups is 1. The topological polar surface area (TPSA) is 57.5 Å². The second kappa shape index (κ2) is 6.25. The van der Waals surface area contributed by atoms with Crippen molar-refractivity contribution in [3.8, 4) is 0 Å². The molecule has 4 rings (SSSR count). The van der Waals surface area contributed by atoms with Crippen LogP contribution >= 0.6 is 0 Å². The van der Waals surface area contributed by atoms with Crippen LogP contribution in [0, 0.1) is 40.9 Å². The lowest BCUT2D eigenvalue weighted by atomic mass is 9.49. The van der Waals surface area contributed by atoms with Crippen LogP contribution in [0.1, 0.15) is 84.5 Å². The number of rotatable bonds is 3. The van der Waals surface area contributed by atoms with Crippen molar-refractivity contribution in [2.24, 2.45) is 40.9 Å². The number of fused-ring (bicyclic) bond motifs is 5. The highest BCUT2D eigenvalue weighted by Gasteiger charge is 2.59. The van der Waals surface area contributed by atoms with E-state index in [4.69, 9.17) is 0 Å². The van der Waals surface area contributed by atoms with Crippen molar-refractivity contribution in [3.63, 3.8) is 0 Å². The van der Waals surface area contributed by atoms with Gasteiger partial charge >= 0.3 is 5.97 Å². The molecule has 0 radical (unpaired) electrons. The van der Waals surface area contributed by atoms with Gasteiger partial charge in [0, 0.05) is 0 Å². The largest absolute Gasteiger partial charge is 0.481 e. The third-order valence-electron chi connectivity index (χ3n) is 9.12. The maximum atomic E-state index is 11.8. The molecule has 0 saturated heterocycles. The molecule has 4 aliphatic carbocycles. The molecule has 3 nitrogen and oxygen atoms in total. The molecule has 0 aliphatic heterocycles. The maximum absolute atomic E-state index is 11.8. The van der Waals surface area contributed by atoms with E-state index in [0.29, 0.717) is 11.8 Å². The number of hydrogen-bond acceptors (Lipinski definition) is 2. The second-order valence-electron chi connectivity index (χ2n) is 10.2. The van der Waals surface area contributed by atoms with E-state index in [-0.39, 0.29) is 11.3 Å². The molecule has 0 aromatic heterocycles. The molecule has 0 aromatic rings. The minimum atomic E-state index is -0.556. The highest BCUT2D eigenvalue weighted by molar-refractivity contribution is 5.71. The van der Waals surface area contributed by atoms with Gasteiger partial charge in [-0.05, 0) is 99.2 Å². The summed E-state index contributed by atoms with van der Waals surface area (Å²) >= 11 is 0. The van der Waals surface area contributed by atoms with Crippen LogP contribution in [-0.4, -0.2) is 21.8 Å². The van der Waals surface area contributed by atoms with Gasteiger partial charge < -0.3 is 10.2 Å². The Morgan fingerprint density at radius 2 is 1.76 bits per heavy atom. The lowest BCUT2D eigenvalue weighted by Gasteiger charge is -2.57. The highest BCUT2D eigenvalue weighted by Crippen LogP contribution is 2.64. The molecule has 4 aliphatic rings. The highest BCUT2D eigenvalue weighted by atomic mass is 16.4. The monoisotopic (exact) mass is 348 g/mol. The zero-order valence-electron chi connectivity index (χ0n) is 16.0. The predicted molar refractivity (Wildman–Crippen MR) is 98.1 cm³/mol. The molecule has 0 bridgehead atoms. The van der Waals surface area contributed by atoms with E-state index < -0.39 is 11.6 Å². The first-order valence-electron chi connectivity index (χ1n) is 10.8. The molecule has 25 heavy (non-hydrogen) atoms. The number of carbonyl (C=O) groups is 1. The van der Waals surface area contributed by atoms with E-state index in [0.717, 1.165) is 62.7 Å². The summed E-state index contributed by atoms with van der Waals surface area (Å²) in [4.78, 5) is 11.8. The van der Waals surface area contributed by atoms with Crippen molar-refractivity contribution >= 4 is 5.97 Å². The Morgan fingerprint density at radius 3 is 2.48 bits per heavy atom. The van der Waals surface area contributed by atoms with Crippen molar-refractivity contribution in [2.45, 2.75) is 90.1 Å². The Bertz CT molecular complexity index is 531. The summed E-state index contributed by atoms with van der Waals surface area (Å²) in [5.41, 5.74) is -0.356. The molecule has 4 saturated carbocycles. The molecule has 0 unspecified atom stereocenters. The van der Waals surface area contributed by atoms with Crippen LogP contribution in [0.2, 0.25) is 0 Å². The normalized spacial score (nSPS) is 52.1. The van der Waals surface area contributed by atoms with Crippen molar-refractivity contribution in [2.75, 3.05) is 0 Å². The van der Waals surface area contributed by atoms with Gasteiger partial charge in [-0.2, -0.15) is 0 Å². The van der Waals surface area contributed by atoms with E-state index in [1.807, 2.05) is 0 Å². The minimum Gasteiger partial charge on any atom is -0.481 e. The zero-order valence-corrected chi connectivity index (χ0v) is 16.0. The van der Waals surface area contributed by atoms with E-state index in [1.165, 1.54) is 25.7 Å².